The van der Waals surface area contributed by atoms with Crippen molar-refractivity contribution in [1.82, 2.24) is 5.01 Å². The molecule has 1 heterocycles. The number of halogens is 4. The number of hydrogen-bond donors (Lipinski definition) is 1. The van der Waals surface area contributed by atoms with Gasteiger partial charge in [0.05, 0.1) is 5.92 Å². The number of carbonyl (C=O) groups excluding carboxylic acids is 1. The maximum atomic E-state index is 13.7. The van der Waals surface area contributed by atoms with Crippen molar-refractivity contribution in [2.45, 2.75) is 38.1 Å². The summed E-state index contributed by atoms with van der Waals surface area (Å²) in [7, 11) is 0. The SMILES string of the molecule is C[C@@H]1CCC[C@@H]2C1=NN(C(=O)c1ccc(Cl)cc1)[C@@]2(O)C(F)(F)F. The van der Waals surface area contributed by atoms with E-state index in [0.29, 0.717) is 17.9 Å². The highest BCUT2D eigenvalue weighted by molar-refractivity contribution is 6.30. The van der Waals surface area contributed by atoms with Gasteiger partial charge in [0.15, 0.2) is 0 Å². The van der Waals surface area contributed by atoms with E-state index in [4.69, 9.17) is 11.6 Å². The van der Waals surface area contributed by atoms with E-state index in [1.807, 2.05) is 0 Å². The van der Waals surface area contributed by atoms with Crippen LogP contribution in [0.3, 0.4) is 0 Å². The predicted molar refractivity (Wildman–Crippen MR) is 82.6 cm³/mol. The zero-order valence-corrected chi connectivity index (χ0v) is 13.6. The monoisotopic (exact) mass is 360 g/mol. The highest BCUT2D eigenvalue weighted by Gasteiger charge is 2.69. The number of nitrogens with zero attached hydrogens (tertiary/aromatic N) is 2. The number of carbonyl (C=O) groups is 1. The van der Waals surface area contributed by atoms with Crippen LogP contribution >= 0.6 is 11.6 Å². The maximum absolute atomic E-state index is 13.7. The van der Waals surface area contributed by atoms with Crippen LogP contribution in [0.25, 0.3) is 0 Å². The molecule has 3 rings (SSSR count). The van der Waals surface area contributed by atoms with Crippen LogP contribution in [0.15, 0.2) is 29.4 Å². The van der Waals surface area contributed by atoms with E-state index in [1.54, 1.807) is 6.92 Å². The van der Waals surface area contributed by atoms with Gasteiger partial charge >= 0.3 is 6.18 Å². The van der Waals surface area contributed by atoms with E-state index in [0.717, 1.165) is 0 Å². The molecule has 3 atom stereocenters. The Balaban J connectivity index is 2.06. The minimum absolute atomic E-state index is 0.0160. The van der Waals surface area contributed by atoms with Crippen molar-refractivity contribution < 1.29 is 23.1 Å². The summed E-state index contributed by atoms with van der Waals surface area (Å²) >= 11 is 5.74. The normalized spacial score (nSPS) is 30.1. The highest BCUT2D eigenvalue weighted by Crippen LogP contribution is 2.49. The molecular formula is C16H16ClF3N2O2. The molecule has 130 valence electrons. The van der Waals surface area contributed by atoms with Gasteiger partial charge in [-0.3, -0.25) is 4.79 Å². The molecule has 0 bridgehead atoms. The molecule has 1 aliphatic heterocycles. The van der Waals surface area contributed by atoms with Gasteiger partial charge in [-0.1, -0.05) is 24.9 Å². The van der Waals surface area contributed by atoms with Gasteiger partial charge in [-0.25, -0.2) is 0 Å². The number of benzene rings is 1. The predicted octanol–water partition coefficient (Wildman–Crippen LogP) is 3.84. The molecule has 0 spiro atoms. The van der Waals surface area contributed by atoms with Gasteiger partial charge in [-0.05, 0) is 43.0 Å². The standard InChI is InChI=1S/C16H16ClF3N2O2/c1-9-3-2-4-12-13(9)21-22(15(12,24)16(18,19)20)14(23)10-5-7-11(17)8-6-10/h5-9,12,24H,2-4H2,1H3/t9-,12-,15+/m1/s1. The van der Waals surface area contributed by atoms with Crippen LogP contribution < -0.4 is 0 Å². The van der Waals surface area contributed by atoms with Gasteiger partial charge in [0.1, 0.15) is 0 Å². The second-order valence-corrected chi connectivity index (χ2v) is 6.69. The van der Waals surface area contributed by atoms with Crippen LogP contribution in [-0.2, 0) is 0 Å². The van der Waals surface area contributed by atoms with Crippen molar-refractivity contribution in [1.29, 1.82) is 0 Å². The fraction of sp³-hybridized carbons (Fsp3) is 0.500. The van der Waals surface area contributed by atoms with Gasteiger partial charge in [-0.2, -0.15) is 23.3 Å². The van der Waals surface area contributed by atoms with E-state index < -0.39 is 23.7 Å². The second kappa shape index (κ2) is 5.74. The van der Waals surface area contributed by atoms with Crippen molar-refractivity contribution in [3.05, 3.63) is 34.9 Å². The van der Waals surface area contributed by atoms with E-state index in [1.165, 1.54) is 24.3 Å². The van der Waals surface area contributed by atoms with Crippen LogP contribution in [0.4, 0.5) is 13.2 Å². The minimum Gasteiger partial charge on any atom is -0.362 e. The number of alkyl halides is 3. The van der Waals surface area contributed by atoms with Gasteiger partial charge in [0.25, 0.3) is 11.6 Å². The van der Waals surface area contributed by atoms with Crippen molar-refractivity contribution in [3.8, 4) is 0 Å². The van der Waals surface area contributed by atoms with Crippen LogP contribution in [0.5, 0.6) is 0 Å². The molecule has 1 amide bonds. The summed E-state index contributed by atoms with van der Waals surface area (Å²) < 4.78 is 41.1. The van der Waals surface area contributed by atoms with Crippen LogP contribution in [0, 0.1) is 11.8 Å². The Morgan fingerprint density at radius 1 is 1.33 bits per heavy atom. The summed E-state index contributed by atoms with van der Waals surface area (Å²) in [5.41, 5.74) is -3.09. The van der Waals surface area contributed by atoms with Gasteiger partial charge in [-0.15, -0.1) is 0 Å². The third-order valence-corrected chi connectivity index (χ3v) is 4.97. The molecule has 0 saturated heterocycles. The molecule has 4 nitrogen and oxygen atoms in total. The number of aliphatic hydroxyl groups is 1. The number of amides is 1. The van der Waals surface area contributed by atoms with Gasteiger partial charge in [0, 0.05) is 16.3 Å². The highest BCUT2D eigenvalue weighted by atomic mass is 35.5. The molecule has 2 aliphatic rings. The van der Waals surface area contributed by atoms with Gasteiger partial charge in [0.2, 0.25) is 0 Å². The molecule has 1 fully saturated rings. The number of hydrazone groups is 1. The Hall–Kier alpha value is -1.60. The molecule has 1 aromatic rings. The largest absolute Gasteiger partial charge is 0.439 e. The first-order valence-corrected chi connectivity index (χ1v) is 8.01. The first kappa shape index (κ1) is 17.2. The molecule has 0 radical (unpaired) electrons. The summed E-state index contributed by atoms with van der Waals surface area (Å²) in [6.45, 7) is 1.76. The number of fused-ring (bicyclic) bond motifs is 1. The lowest BCUT2D eigenvalue weighted by Crippen LogP contribution is -2.61. The smallest absolute Gasteiger partial charge is 0.362 e. The summed E-state index contributed by atoms with van der Waals surface area (Å²) in [6.07, 6.45) is -3.63. The molecule has 0 aromatic heterocycles. The van der Waals surface area contributed by atoms with Crippen molar-refractivity contribution in [3.63, 3.8) is 0 Å². The average molecular weight is 361 g/mol. The third-order valence-electron chi connectivity index (χ3n) is 4.72. The maximum Gasteiger partial charge on any atom is 0.439 e. The molecule has 0 unspecified atom stereocenters. The van der Waals surface area contributed by atoms with Crippen molar-refractivity contribution in [2.24, 2.45) is 16.9 Å². The minimum atomic E-state index is -5.01. The Morgan fingerprint density at radius 3 is 2.54 bits per heavy atom. The first-order chi connectivity index (χ1) is 11.2. The summed E-state index contributed by atoms with van der Waals surface area (Å²) in [5, 5.41) is 15.0. The molecule has 1 N–H and O–H groups in total. The molecule has 8 heteroatoms. The summed E-state index contributed by atoms with van der Waals surface area (Å²) in [6, 6.07) is 5.43. The van der Waals surface area contributed by atoms with E-state index >= 15 is 0 Å². The first-order valence-electron chi connectivity index (χ1n) is 7.64. The van der Waals surface area contributed by atoms with E-state index in [2.05, 4.69) is 5.10 Å². The average Bonchev–Trinajstić information content (AvgIpc) is 2.83. The lowest BCUT2D eigenvalue weighted by atomic mass is 9.75. The molecule has 1 aromatic carbocycles. The van der Waals surface area contributed by atoms with Gasteiger partial charge < -0.3 is 5.11 Å². The Morgan fingerprint density at radius 2 is 1.96 bits per heavy atom. The lowest BCUT2D eigenvalue weighted by Gasteiger charge is -2.39. The second-order valence-electron chi connectivity index (χ2n) is 6.26. The van der Waals surface area contributed by atoms with E-state index in [9.17, 15) is 23.1 Å². The van der Waals surface area contributed by atoms with Crippen LogP contribution in [0.2, 0.25) is 5.02 Å². The molecule has 24 heavy (non-hydrogen) atoms. The number of rotatable bonds is 1. The van der Waals surface area contributed by atoms with Crippen molar-refractivity contribution >= 4 is 23.2 Å². The fourth-order valence-corrected chi connectivity index (χ4v) is 3.54. The van der Waals surface area contributed by atoms with Crippen LogP contribution in [0.1, 0.15) is 36.5 Å². The van der Waals surface area contributed by atoms with E-state index in [-0.39, 0.29) is 28.6 Å². The topological polar surface area (TPSA) is 52.9 Å². The molecule has 1 aliphatic carbocycles. The van der Waals surface area contributed by atoms with Crippen LogP contribution in [-0.4, -0.2) is 33.6 Å². The fourth-order valence-electron chi connectivity index (χ4n) is 3.42. The zero-order valence-electron chi connectivity index (χ0n) is 12.8. The van der Waals surface area contributed by atoms with Crippen molar-refractivity contribution in [2.75, 3.05) is 0 Å². The Kier molecular flexibility index (Phi) is 4.12. The zero-order chi connectivity index (χ0) is 17.7. The molecular weight excluding hydrogens is 345 g/mol. The lowest BCUT2D eigenvalue weighted by molar-refractivity contribution is -0.312. The Labute approximate surface area is 141 Å². The summed E-state index contributed by atoms with van der Waals surface area (Å²) in [4.78, 5) is 12.6. The Bertz CT molecular complexity index is 690. The number of hydrogen-bond acceptors (Lipinski definition) is 3. The summed E-state index contributed by atoms with van der Waals surface area (Å²) in [5.74, 6) is -2.43. The third kappa shape index (κ3) is 2.50. The quantitative estimate of drug-likeness (QED) is 0.827. The molecule has 1 saturated carbocycles.